The van der Waals surface area contributed by atoms with E-state index in [1.54, 1.807) is 24.3 Å². The second kappa shape index (κ2) is 8.59. The van der Waals surface area contributed by atoms with E-state index < -0.39 is 10.8 Å². The smallest absolute Gasteiger partial charge is 0.282 e. The SMILES string of the molecule is CCOc1cccc(N2C(=O)C(c3ccc([N+](=O)[O-])cc3)=C(N3CCCCC3)C2=O)c1. The van der Waals surface area contributed by atoms with Gasteiger partial charge in [-0.2, -0.15) is 0 Å². The molecule has 0 aromatic heterocycles. The highest BCUT2D eigenvalue weighted by Crippen LogP contribution is 2.37. The predicted octanol–water partition coefficient (Wildman–Crippen LogP) is 3.76. The average molecular weight is 421 g/mol. The van der Waals surface area contributed by atoms with Gasteiger partial charge in [0.1, 0.15) is 11.4 Å². The zero-order chi connectivity index (χ0) is 22.0. The molecule has 0 unspecified atom stereocenters. The van der Waals surface area contributed by atoms with Crippen molar-refractivity contribution in [2.75, 3.05) is 24.6 Å². The normalized spacial score (nSPS) is 16.8. The summed E-state index contributed by atoms with van der Waals surface area (Å²) in [6.45, 7) is 3.72. The third kappa shape index (κ3) is 3.88. The Balaban J connectivity index is 1.78. The first-order valence-electron chi connectivity index (χ1n) is 10.4. The molecule has 0 N–H and O–H groups in total. The van der Waals surface area contributed by atoms with Crippen molar-refractivity contribution >= 4 is 28.8 Å². The molecule has 0 radical (unpaired) electrons. The highest BCUT2D eigenvalue weighted by Gasteiger charge is 2.42. The summed E-state index contributed by atoms with van der Waals surface area (Å²) in [7, 11) is 0. The number of hydrogen-bond donors (Lipinski definition) is 0. The first-order chi connectivity index (χ1) is 15.0. The molecule has 0 aliphatic carbocycles. The second-order valence-corrected chi connectivity index (χ2v) is 7.45. The molecule has 2 aliphatic heterocycles. The summed E-state index contributed by atoms with van der Waals surface area (Å²) in [5.74, 6) is -0.245. The third-order valence-electron chi connectivity index (χ3n) is 5.49. The van der Waals surface area contributed by atoms with Crippen LogP contribution >= 0.6 is 0 Å². The Kier molecular flexibility index (Phi) is 5.70. The summed E-state index contributed by atoms with van der Waals surface area (Å²) in [6.07, 6.45) is 2.97. The largest absolute Gasteiger partial charge is 0.494 e. The molecule has 0 saturated carbocycles. The Bertz CT molecular complexity index is 1060. The molecule has 2 aromatic rings. The maximum Gasteiger partial charge on any atom is 0.282 e. The maximum absolute atomic E-state index is 13.5. The van der Waals surface area contributed by atoms with E-state index in [2.05, 4.69) is 0 Å². The summed E-state index contributed by atoms with van der Waals surface area (Å²) < 4.78 is 5.53. The molecule has 2 heterocycles. The topological polar surface area (TPSA) is 93.0 Å². The monoisotopic (exact) mass is 421 g/mol. The van der Waals surface area contributed by atoms with Crippen molar-refractivity contribution < 1.29 is 19.2 Å². The number of benzene rings is 2. The molecule has 0 spiro atoms. The Morgan fingerprint density at radius 1 is 1.00 bits per heavy atom. The Morgan fingerprint density at radius 2 is 1.71 bits per heavy atom. The van der Waals surface area contributed by atoms with E-state index in [-0.39, 0.29) is 17.2 Å². The fourth-order valence-electron chi connectivity index (χ4n) is 4.05. The molecule has 0 bridgehead atoms. The minimum atomic E-state index is -0.489. The van der Waals surface area contributed by atoms with Gasteiger partial charge < -0.3 is 9.64 Å². The number of nitro groups is 1. The predicted molar refractivity (Wildman–Crippen MR) is 116 cm³/mol. The zero-order valence-corrected chi connectivity index (χ0v) is 17.2. The average Bonchev–Trinajstić information content (AvgIpc) is 3.05. The number of imide groups is 1. The van der Waals surface area contributed by atoms with E-state index in [1.807, 2.05) is 11.8 Å². The zero-order valence-electron chi connectivity index (χ0n) is 17.2. The van der Waals surface area contributed by atoms with Crippen molar-refractivity contribution in [2.45, 2.75) is 26.2 Å². The number of nitrogens with zero attached hydrogens (tertiary/aromatic N) is 3. The lowest BCUT2D eigenvalue weighted by atomic mass is 10.0. The number of likely N-dealkylation sites (tertiary alicyclic amines) is 1. The van der Waals surface area contributed by atoms with Crippen LogP contribution in [-0.4, -0.2) is 41.3 Å². The highest BCUT2D eigenvalue weighted by molar-refractivity contribution is 6.45. The summed E-state index contributed by atoms with van der Waals surface area (Å²) >= 11 is 0. The van der Waals surface area contributed by atoms with Crippen LogP contribution in [0.4, 0.5) is 11.4 Å². The van der Waals surface area contributed by atoms with E-state index in [4.69, 9.17) is 4.74 Å². The molecule has 2 amide bonds. The lowest BCUT2D eigenvalue weighted by Crippen LogP contribution is -2.37. The number of hydrogen-bond acceptors (Lipinski definition) is 6. The standard InChI is InChI=1S/C23H23N3O5/c1-2-31-19-8-6-7-18(15-19)25-22(27)20(16-9-11-17(12-10-16)26(29)30)21(23(25)28)24-13-4-3-5-14-24/h6-12,15H,2-5,13-14H2,1H3. The summed E-state index contributed by atoms with van der Waals surface area (Å²) in [6, 6.07) is 12.7. The van der Waals surface area contributed by atoms with Gasteiger partial charge in [-0.15, -0.1) is 0 Å². The van der Waals surface area contributed by atoms with Gasteiger partial charge in [0, 0.05) is 31.3 Å². The summed E-state index contributed by atoms with van der Waals surface area (Å²) in [5.41, 5.74) is 1.51. The Labute approximate surface area is 179 Å². The molecule has 1 fully saturated rings. The number of ether oxygens (including phenoxy) is 1. The van der Waals surface area contributed by atoms with Crippen LogP contribution < -0.4 is 9.64 Å². The van der Waals surface area contributed by atoms with Gasteiger partial charge in [0.05, 0.1) is 22.8 Å². The maximum atomic E-state index is 13.5. The van der Waals surface area contributed by atoms with Crippen LogP contribution in [0.5, 0.6) is 5.75 Å². The van der Waals surface area contributed by atoms with Crippen LogP contribution in [0.1, 0.15) is 31.7 Å². The third-order valence-corrected chi connectivity index (χ3v) is 5.49. The van der Waals surface area contributed by atoms with Crippen LogP contribution in [0.25, 0.3) is 5.57 Å². The number of carbonyl (C=O) groups excluding carboxylic acids is 2. The number of anilines is 1. The van der Waals surface area contributed by atoms with E-state index in [1.165, 1.54) is 29.2 Å². The quantitative estimate of drug-likeness (QED) is 0.401. The lowest BCUT2D eigenvalue weighted by molar-refractivity contribution is -0.384. The van der Waals surface area contributed by atoms with Crippen molar-refractivity contribution in [3.63, 3.8) is 0 Å². The number of non-ortho nitro benzene ring substituents is 1. The van der Waals surface area contributed by atoms with Crippen LogP contribution in [0.15, 0.2) is 54.2 Å². The lowest BCUT2D eigenvalue weighted by Gasteiger charge is -2.29. The molecule has 1 saturated heterocycles. The van der Waals surface area contributed by atoms with E-state index >= 15 is 0 Å². The summed E-state index contributed by atoms with van der Waals surface area (Å²) in [5, 5.41) is 11.0. The van der Waals surface area contributed by atoms with Gasteiger partial charge in [0.2, 0.25) is 0 Å². The van der Waals surface area contributed by atoms with E-state index in [0.29, 0.717) is 42.4 Å². The molecule has 31 heavy (non-hydrogen) atoms. The van der Waals surface area contributed by atoms with Gasteiger partial charge in [-0.25, -0.2) is 4.90 Å². The van der Waals surface area contributed by atoms with Crippen molar-refractivity contribution in [1.29, 1.82) is 0 Å². The van der Waals surface area contributed by atoms with Gasteiger partial charge in [-0.3, -0.25) is 19.7 Å². The molecule has 8 nitrogen and oxygen atoms in total. The van der Waals surface area contributed by atoms with Crippen LogP contribution in [0.2, 0.25) is 0 Å². The van der Waals surface area contributed by atoms with Gasteiger partial charge in [-0.1, -0.05) is 6.07 Å². The minimum absolute atomic E-state index is 0.0677. The minimum Gasteiger partial charge on any atom is -0.494 e. The fourth-order valence-corrected chi connectivity index (χ4v) is 4.05. The molecule has 8 heteroatoms. The number of rotatable bonds is 6. The number of nitro benzene ring substituents is 1. The van der Waals surface area contributed by atoms with Gasteiger partial charge >= 0.3 is 0 Å². The molecule has 4 rings (SSSR count). The first-order valence-corrected chi connectivity index (χ1v) is 10.4. The molecular formula is C23H23N3O5. The van der Waals surface area contributed by atoms with E-state index in [0.717, 1.165) is 19.3 Å². The molecular weight excluding hydrogens is 398 g/mol. The highest BCUT2D eigenvalue weighted by atomic mass is 16.6. The van der Waals surface area contributed by atoms with Crippen LogP contribution in [0.3, 0.4) is 0 Å². The molecule has 0 atom stereocenters. The van der Waals surface area contributed by atoms with Crippen molar-refractivity contribution in [1.82, 2.24) is 4.90 Å². The van der Waals surface area contributed by atoms with E-state index in [9.17, 15) is 19.7 Å². The summed E-state index contributed by atoms with van der Waals surface area (Å²) in [4.78, 5) is 40.7. The molecule has 160 valence electrons. The molecule has 2 aliphatic rings. The van der Waals surface area contributed by atoms with Crippen LogP contribution in [-0.2, 0) is 9.59 Å². The van der Waals surface area contributed by atoms with Gasteiger partial charge in [-0.05, 0) is 56.0 Å². The Morgan fingerprint density at radius 3 is 2.35 bits per heavy atom. The van der Waals surface area contributed by atoms with Crippen molar-refractivity contribution in [3.8, 4) is 5.75 Å². The van der Waals surface area contributed by atoms with Crippen molar-refractivity contribution in [3.05, 3.63) is 69.9 Å². The number of carbonyl (C=O) groups is 2. The van der Waals surface area contributed by atoms with Gasteiger partial charge in [0.25, 0.3) is 17.5 Å². The van der Waals surface area contributed by atoms with Gasteiger partial charge in [0.15, 0.2) is 0 Å². The number of piperidine rings is 1. The van der Waals surface area contributed by atoms with Crippen molar-refractivity contribution in [2.24, 2.45) is 0 Å². The Hall–Kier alpha value is -3.68. The number of amides is 2. The second-order valence-electron chi connectivity index (χ2n) is 7.45. The van der Waals surface area contributed by atoms with Crippen LogP contribution in [0, 0.1) is 10.1 Å². The fraction of sp³-hybridized carbons (Fsp3) is 0.304. The molecule has 2 aromatic carbocycles. The first kappa shape index (κ1) is 20.6.